The van der Waals surface area contributed by atoms with Gasteiger partial charge in [0.2, 0.25) is 5.95 Å². The third-order valence-electron chi connectivity index (χ3n) is 2.49. The second-order valence-corrected chi connectivity index (χ2v) is 3.97. The normalized spacial score (nSPS) is 9.95. The number of pyridine rings is 1. The molecule has 0 aliphatic heterocycles. The Hall–Kier alpha value is -2.96. The Balaban J connectivity index is 2.18. The van der Waals surface area contributed by atoms with Gasteiger partial charge >= 0.3 is 5.97 Å². The quantitative estimate of drug-likeness (QED) is 0.821. The van der Waals surface area contributed by atoms with Gasteiger partial charge in [-0.25, -0.2) is 9.78 Å². The molecule has 1 amide bonds. The molecule has 0 atom stereocenters. The van der Waals surface area contributed by atoms with E-state index in [1.165, 1.54) is 30.5 Å². The van der Waals surface area contributed by atoms with E-state index in [0.717, 1.165) is 0 Å². The van der Waals surface area contributed by atoms with Crippen LogP contribution < -0.4 is 10.1 Å². The van der Waals surface area contributed by atoms with Gasteiger partial charge in [-0.1, -0.05) is 12.1 Å². The van der Waals surface area contributed by atoms with Gasteiger partial charge < -0.3 is 15.2 Å². The highest BCUT2D eigenvalue weighted by Gasteiger charge is 2.14. The molecule has 0 aliphatic carbocycles. The predicted octanol–water partition coefficient (Wildman–Crippen LogP) is 1.94. The molecule has 1 aromatic carbocycles. The van der Waals surface area contributed by atoms with E-state index in [1.54, 1.807) is 12.1 Å². The van der Waals surface area contributed by atoms with Gasteiger partial charge in [-0.15, -0.1) is 0 Å². The number of amides is 1. The van der Waals surface area contributed by atoms with Crippen LogP contribution in [0.2, 0.25) is 0 Å². The highest BCUT2D eigenvalue weighted by Crippen LogP contribution is 2.24. The van der Waals surface area contributed by atoms with E-state index in [9.17, 15) is 14.0 Å². The number of aliphatic carboxylic acids is 1. The molecular weight excluding hydrogens is 279 g/mol. The number of carbonyl (C=O) groups is 2. The maximum absolute atomic E-state index is 13.4. The Morgan fingerprint density at radius 1 is 1.24 bits per heavy atom. The second-order valence-electron chi connectivity index (χ2n) is 3.97. The number of carbonyl (C=O) groups excluding carboxylic acids is 1. The molecule has 0 fully saturated rings. The summed E-state index contributed by atoms with van der Waals surface area (Å²) in [6, 6.07) is 8.99. The molecule has 0 bridgehead atoms. The molecular formula is C14H11FN2O4. The van der Waals surface area contributed by atoms with Crippen molar-refractivity contribution in [2.24, 2.45) is 0 Å². The smallest absolute Gasteiger partial charge is 0.341 e. The molecule has 0 radical (unpaired) electrons. The van der Waals surface area contributed by atoms with Crippen molar-refractivity contribution in [3.63, 3.8) is 0 Å². The van der Waals surface area contributed by atoms with E-state index in [-0.39, 0.29) is 17.0 Å². The molecule has 0 unspecified atom stereocenters. The number of nitrogens with zero attached hydrogens (tertiary/aromatic N) is 1. The fourth-order valence-corrected chi connectivity index (χ4v) is 1.58. The number of anilines is 1. The van der Waals surface area contributed by atoms with Crippen molar-refractivity contribution in [3.8, 4) is 5.75 Å². The molecule has 1 heterocycles. The summed E-state index contributed by atoms with van der Waals surface area (Å²) in [5.41, 5.74) is 0.0255. The average molecular weight is 290 g/mol. The van der Waals surface area contributed by atoms with Crippen LogP contribution in [0.1, 0.15) is 10.4 Å². The topological polar surface area (TPSA) is 88.5 Å². The fraction of sp³-hybridized carbons (Fsp3) is 0.0714. The van der Waals surface area contributed by atoms with Crippen LogP contribution in [0.4, 0.5) is 10.1 Å². The summed E-state index contributed by atoms with van der Waals surface area (Å²) in [6.45, 7) is -0.547. The van der Waals surface area contributed by atoms with Crippen LogP contribution in [0.3, 0.4) is 0 Å². The van der Waals surface area contributed by atoms with Crippen molar-refractivity contribution in [1.82, 2.24) is 4.98 Å². The summed E-state index contributed by atoms with van der Waals surface area (Å²) >= 11 is 0. The zero-order valence-corrected chi connectivity index (χ0v) is 10.7. The Kier molecular flexibility index (Phi) is 4.45. The highest BCUT2D eigenvalue weighted by atomic mass is 19.1. The number of halogens is 1. The molecule has 0 spiro atoms. The first kappa shape index (κ1) is 14.4. The predicted molar refractivity (Wildman–Crippen MR) is 71.7 cm³/mol. The van der Waals surface area contributed by atoms with Gasteiger partial charge in [0.15, 0.2) is 6.61 Å². The van der Waals surface area contributed by atoms with Gasteiger partial charge in [0.05, 0.1) is 11.3 Å². The number of para-hydroxylation sites is 2. The lowest BCUT2D eigenvalue weighted by molar-refractivity contribution is -0.139. The molecule has 2 rings (SSSR count). The van der Waals surface area contributed by atoms with Crippen molar-refractivity contribution in [3.05, 3.63) is 54.1 Å². The largest absolute Gasteiger partial charge is 0.480 e. The standard InChI is InChI=1S/C14H11FN2O4/c15-13-9(4-3-7-16-13)14(20)17-10-5-1-2-6-11(10)21-8-12(18)19/h1-7H,8H2,(H,17,20)(H,18,19). The molecule has 2 aromatic rings. The molecule has 21 heavy (non-hydrogen) atoms. The van der Waals surface area contributed by atoms with Gasteiger partial charge in [-0.05, 0) is 24.3 Å². The van der Waals surface area contributed by atoms with Gasteiger partial charge in [-0.2, -0.15) is 4.39 Å². The van der Waals surface area contributed by atoms with E-state index < -0.39 is 24.4 Å². The van der Waals surface area contributed by atoms with Crippen molar-refractivity contribution in [1.29, 1.82) is 0 Å². The van der Waals surface area contributed by atoms with Crippen LogP contribution in [-0.2, 0) is 4.79 Å². The van der Waals surface area contributed by atoms with Gasteiger partial charge in [-0.3, -0.25) is 4.79 Å². The summed E-state index contributed by atoms with van der Waals surface area (Å²) in [6.07, 6.45) is 1.23. The minimum atomic E-state index is -1.14. The summed E-state index contributed by atoms with van der Waals surface area (Å²) in [4.78, 5) is 25.9. The Morgan fingerprint density at radius 3 is 2.71 bits per heavy atom. The summed E-state index contributed by atoms with van der Waals surface area (Å²) in [5, 5.41) is 11.0. The lowest BCUT2D eigenvalue weighted by atomic mass is 10.2. The molecule has 6 nitrogen and oxygen atoms in total. The van der Waals surface area contributed by atoms with Crippen LogP contribution in [0.25, 0.3) is 0 Å². The Bertz CT molecular complexity index is 676. The van der Waals surface area contributed by atoms with Crippen molar-refractivity contribution < 1.29 is 23.8 Å². The molecule has 108 valence electrons. The van der Waals surface area contributed by atoms with Gasteiger partial charge in [0, 0.05) is 6.20 Å². The first-order chi connectivity index (χ1) is 10.1. The van der Waals surface area contributed by atoms with Crippen LogP contribution >= 0.6 is 0 Å². The molecule has 7 heteroatoms. The maximum atomic E-state index is 13.4. The number of nitrogens with one attached hydrogen (secondary N) is 1. The van der Waals surface area contributed by atoms with Crippen molar-refractivity contribution in [2.75, 3.05) is 11.9 Å². The van der Waals surface area contributed by atoms with Gasteiger partial charge in [0.25, 0.3) is 5.91 Å². The summed E-state index contributed by atoms with van der Waals surface area (Å²) < 4.78 is 18.5. The van der Waals surface area contributed by atoms with Crippen molar-refractivity contribution >= 4 is 17.6 Å². The highest BCUT2D eigenvalue weighted by molar-refractivity contribution is 6.05. The van der Waals surface area contributed by atoms with Gasteiger partial charge in [0.1, 0.15) is 5.75 Å². The van der Waals surface area contributed by atoms with E-state index in [4.69, 9.17) is 9.84 Å². The molecule has 0 saturated carbocycles. The molecule has 0 saturated heterocycles. The van der Waals surface area contributed by atoms with Crippen LogP contribution in [0.5, 0.6) is 5.75 Å². The Labute approximate surface area is 119 Å². The third kappa shape index (κ3) is 3.75. The lowest BCUT2D eigenvalue weighted by Gasteiger charge is -2.11. The number of rotatable bonds is 5. The van der Waals surface area contributed by atoms with E-state index in [1.807, 2.05) is 0 Å². The zero-order valence-electron chi connectivity index (χ0n) is 10.7. The zero-order chi connectivity index (χ0) is 15.2. The second kappa shape index (κ2) is 6.47. The van der Waals surface area contributed by atoms with E-state index >= 15 is 0 Å². The molecule has 1 aromatic heterocycles. The number of carboxylic acid groups (broad SMARTS) is 1. The summed E-state index contributed by atoms with van der Waals surface area (Å²) in [7, 11) is 0. The van der Waals surface area contributed by atoms with Crippen molar-refractivity contribution in [2.45, 2.75) is 0 Å². The number of hydrogen-bond acceptors (Lipinski definition) is 4. The number of hydrogen-bond donors (Lipinski definition) is 2. The molecule has 2 N–H and O–H groups in total. The first-order valence-electron chi connectivity index (χ1n) is 5.93. The lowest BCUT2D eigenvalue weighted by Crippen LogP contribution is -2.16. The van der Waals surface area contributed by atoms with Crippen LogP contribution in [0, 0.1) is 5.95 Å². The number of benzene rings is 1. The van der Waals surface area contributed by atoms with E-state index in [2.05, 4.69) is 10.3 Å². The molecule has 0 aliphatic rings. The summed E-state index contributed by atoms with van der Waals surface area (Å²) in [5.74, 6) is -2.56. The first-order valence-corrected chi connectivity index (χ1v) is 5.93. The minimum absolute atomic E-state index is 0.178. The average Bonchev–Trinajstić information content (AvgIpc) is 2.46. The maximum Gasteiger partial charge on any atom is 0.341 e. The Morgan fingerprint density at radius 2 is 2.00 bits per heavy atom. The number of ether oxygens (including phenoxy) is 1. The monoisotopic (exact) mass is 290 g/mol. The third-order valence-corrected chi connectivity index (χ3v) is 2.49. The SMILES string of the molecule is O=C(O)COc1ccccc1NC(=O)c1cccnc1F. The fourth-order valence-electron chi connectivity index (χ4n) is 1.58. The number of aromatic nitrogens is 1. The van der Waals surface area contributed by atoms with E-state index in [0.29, 0.717) is 0 Å². The van der Waals surface area contributed by atoms with Crippen LogP contribution in [-0.4, -0.2) is 28.6 Å². The van der Waals surface area contributed by atoms with Crippen LogP contribution in [0.15, 0.2) is 42.6 Å². The number of carboxylic acids is 1. The minimum Gasteiger partial charge on any atom is -0.480 e.